The van der Waals surface area contributed by atoms with Gasteiger partial charge in [-0.05, 0) is 12.3 Å². The van der Waals surface area contributed by atoms with Gasteiger partial charge in [0.25, 0.3) is 0 Å². The van der Waals surface area contributed by atoms with E-state index in [0.29, 0.717) is 13.0 Å². The molecule has 0 spiro atoms. The summed E-state index contributed by atoms with van der Waals surface area (Å²) < 4.78 is 29.8. The summed E-state index contributed by atoms with van der Waals surface area (Å²) >= 11 is 0. The molecule has 1 aliphatic heterocycles. The fraction of sp³-hybridized carbons (Fsp3) is 0.900. The lowest BCUT2D eigenvalue weighted by atomic mass is 9.92. The van der Waals surface area contributed by atoms with Crippen molar-refractivity contribution >= 4 is 16.0 Å². The van der Waals surface area contributed by atoms with Crippen LogP contribution >= 0.6 is 0 Å². The van der Waals surface area contributed by atoms with Gasteiger partial charge >= 0.3 is 5.97 Å². The quantitative estimate of drug-likeness (QED) is 0.756. The number of rotatable bonds is 5. The third kappa shape index (κ3) is 3.93. The van der Waals surface area contributed by atoms with Crippen LogP contribution in [-0.4, -0.2) is 56.4 Å². The highest BCUT2D eigenvalue weighted by molar-refractivity contribution is 7.89. The number of piperidine rings is 1. The van der Waals surface area contributed by atoms with E-state index in [4.69, 9.17) is 9.84 Å². The van der Waals surface area contributed by atoms with E-state index in [9.17, 15) is 13.2 Å². The summed E-state index contributed by atoms with van der Waals surface area (Å²) in [5.41, 5.74) is 0. The molecule has 1 saturated heterocycles. The Bertz CT molecular complexity index is 367. The molecular weight excluding hydrogens is 246 g/mol. The summed E-state index contributed by atoms with van der Waals surface area (Å²) in [7, 11) is -1.96. The van der Waals surface area contributed by atoms with Crippen LogP contribution in [0.25, 0.3) is 0 Å². The second-order valence-electron chi connectivity index (χ2n) is 4.50. The number of carbonyl (C=O) groups is 1. The molecule has 0 amide bonds. The van der Waals surface area contributed by atoms with Crippen molar-refractivity contribution in [2.45, 2.75) is 13.3 Å². The largest absolute Gasteiger partial charge is 0.481 e. The zero-order valence-corrected chi connectivity index (χ0v) is 10.9. The summed E-state index contributed by atoms with van der Waals surface area (Å²) in [6, 6.07) is 0. The summed E-state index contributed by atoms with van der Waals surface area (Å²) in [5, 5.41) is 8.97. The molecule has 1 N–H and O–H groups in total. The molecule has 2 unspecified atom stereocenters. The van der Waals surface area contributed by atoms with Crippen molar-refractivity contribution in [2.24, 2.45) is 11.8 Å². The van der Waals surface area contributed by atoms with Gasteiger partial charge in [-0.25, -0.2) is 12.7 Å². The lowest BCUT2D eigenvalue weighted by Crippen LogP contribution is -2.46. The SMILES string of the molecule is COCCS(=O)(=O)N1CC(C)CC(C(=O)O)C1. The Labute approximate surface area is 102 Å². The van der Waals surface area contributed by atoms with E-state index in [1.807, 2.05) is 6.92 Å². The Morgan fingerprint density at radius 3 is 2.65 bits per heavy atom. The first-order valence-corrected chi connectivity index (χ1v) is 7.17. The molecule has 1 heterocycles. The molecular formula is C10H19NO5S. The Balaban J connectivity index is 2.73. The van der Waals surface area contributed by atoms with Crippen LogP contribution in [0.3, 0.4) is 0 Å². The Morgan fingerprint density at radius 2 is 2.12 bits per heavy atom. The molecule has 6 nitrogen and oxygen atoms in total. The van der Waals surface area contributed by atoms with Crippen molar-refractivity contribution in [1.29, 1.82) is 0 Å². The van der Waals surface area contributed by atoms with Crippen molar-refractivity contribution in [1.82, 2.24) is 4.31 Å². The van der Waals surface area contributed by atoms with Crippen LogP contribution in [-0.2, 0) is 19.6 Å². The number of carboxylic acid groups (broad SMARTS) is 1. The molecule has 0 radical (unpaired) electrons. The van der Waals surface area contributed by atoms with Crippen molar-refractivity contribution in [3.8, 4) is 0 Å². The first-order chi connectivity index (χ1) is 7.86. The van der Waals surface area contributed by atoms with Crippen molar-refractivity contribution in [2.75, 3.05) is 32.6 Å². The lowest BCUT2D eigenvalue weighted by molar-refractivity contribution is -0.143. The van der Waals surface area contributed by atoms with Crippen LogP contribution in [0.2, 0.25) is 0 Å². The van der Waals surface area contributed by atoms with Crippen molar-refractivity contribution in [3.63, 3.8) is 0 Å². The van der Waals surface area contributed by atoms with Gasteiger partial charge in [-0.2, -0.15) is 0 Å². The molecule has 1 fully saturated rings. The molecule has 0 aromatic carbocycles. The minimum absolute atomic E-state index is 0.0715. The van der Waals surface area contributed by atoms with Crippen molar-refractivity contribution < 1.29 is 23.1 Å². The number of carboxylic acids is 1. The average Bonchev–Trinajstić information content (AvgIpc) is 2.25. The summed E-state index contributed by atoms with van der Waals surface area (Å²) in [5.74, 6) is -1.55. The second kappa shape index (κ2) is 5.79. The van der Waals surface area contributed by atoms with Crippen LogP contribution < -0.4 is 0 Å². The zero-order valence-electron chi connectivity index (χ0n) is 10.1. The van der Waals surface area contributed by atoms with E-state index in [1.54, 1.807) is 0 Å². The van der Waals surface area contributed by atoms with E-state index >= 15 is 0 Å². The maximum Gasteiger partial charge on any atom is 0.307 e. The van der Waals surface area contributed by atoms with Gasteiger partial charge in [-0.15, -0.1) is 0 Å². The maximum atomic E-state index is 11.9. The highest BCUT2D eigenvalue weighted by Gasteiger charge is 2.35. The van der Waals surface area contributed by atoms with Gasteiger partial charge in [-0.1, -0.05) is 6.92 Å². The molecule has 1 aliphatic rings. The molecule has 17 heavy (non-hydrogen) atoms. The third-order valence-electron chi connectivity index (χ3n) is 2.91. The first-order valence-electron chi connectivity index (χ1n) is 5.56. The van der Waals surface area contributed by atoms with E-state index in [1.165, 1.54) is 11.4 Å². The summed E-state index contributed by atoms with van der Waals surface area (Å²) in [4.78, 5) is 10.9. The molecule has 1 rings (SSSR count). The van der Waals surface area contributed by atoms with E-state index in [0.717, 1.165) is 0 Å². The highest BCUT2D eigenvalue weighted by Crippen LogP contribution is 2.24. The minimum atomic E-state index is -3.40. The minimum Gasteiger partial charge on any atom is -0.481 e. The van der Waals surface area contributed by atoms with Gasteiger partial charge in [0, 0.05) is 20.2 Å². The van der Waals surface area contributed by atoms with E-state index in [-0.39, 0.29) is 24.8 Å². The molecule has 0 bridgehead atoms. The molecule has 100 valence electrons. The highest BCUT2D eigenvalue weighted by atomic mass is 32.2. The van der Waals surface area contributed by atoms with Crippen molar-refractivity contribution in [3.05, 3.63) is 0 Å². The number of methoxy groups -OCH3 is 1. The third-order valence-corrected chi connectivity index (χ3v) is 4.68. The van der Waals surface area contributed by atoms with Gasteiger partial charge in [-0.3, -0.25) is 4.79 Å². The van der Waals surface area contributed by atoms with Crippen LogP contribution in [0.15, 0.2) is 0 Å². The van der Waals surface area contributed by atoms with Gasteiger partial charge in [0.15, 0.2) is 0 Å². The Morgan fingerprint density at radius 1 is 1.47 bits per heavy atom. The number of hydrogen-bond donors (Lipinski definition) is 1. The fourth-order valence-corrected chi connectivity index (χ4v) is 3.55. The van der Waals surface area contributed by atoms with Crippen LogP contribution in [0.5, 0.6) is 0 Å². The smallest absolute Gasteiger partial charge is 0.307 e. The normalized spacial score (nSPS) is 26.9. The number of ether oxygens (including phenoxy) is 1. The molecule has 0 aromatic rings. The summed E-state index contributed by atoms with van der Waals surface area (Å²) in [6.07, 6.45) is 0.533. The predicted octanol–water partition coefficient (Wildman–Crippen LogP) is 0.00520. The second-order valence-corrected chi connectivity index (χ2v) is 6.59. The number of nitrogens with zero attached hydrogens (tertiary/aromatic N) is 1. The number of aliphatic carboxylic acids is 1. The Hall–Kier alpha value is -0.660. The first kappa shape index (κ1) is 14.4. The van der Waals surface area contributed by atoms with Gasteiger partial charge in [0.05, 0.1) is 18.3 Å². The van der Waals surface area contributed by atoms with Crippen LogP contribution in [0.4, 0.5) is 0 Å². The zero-order chi connectivity index (χ0) is 13.1. The molecule has 0 aliphatic carbocycles. The van der Waals surface area contributed by atoms with Gasteiger partial charge in [0.1, 0.15) is 0 Å². The topological polar surface area (TPSA) is 83.9 Å². The molecule has 7 heteroatoms. The predicted molar refractivity (Wildman–Crippen MR) is 62.1 cm³/mol. The molecule has 0 aromatic heterocycles. The van der Waals surface area contributed by atoms with Crippen LogP contribution in [0, 0.1) is 11.8 Å². The molecule has 2 atom stereocenters. The van der Waals surface area contributed by atoms with Gasteiger partial charge < -0.3 is 9.84 Å². The monoisotopic (exact) mass is 265 g/mol. The average molecular weight is 265 g/mol. The van der Waals surface area contributed by atoms with Gasteiger partial charge in [0.2, 0.25) is 10.0 Å². The van der Waals surface area contributed by atoms with E-state index in [2.05, 4.69) is 0 Å². The van der Waals surface area contributed by atoms with Crippen LogP contribution in [0.1, 0.15) is 13.3 Å². The molecule has 0 saturated carbocycles. The number of sulfonamides is 1. The fourth-order valence-electron chi connectivity index (χ4n) is 2.03. The summed E-state index contributed by atoms with van der Waals surface area (Å²) in [6.45, 7) is 2.47. The Kier molecular flexibility index (Phi) is 4.91. The maximum absolute atomic E-state index is 11.9. The standard InChI is InChI=1S/C10H19NO5S/c1-8-5-9(10(12)13)7-11(6-8)17(14,15)4-3-16-2/h8-9H,3-7H2,1-2H3,(H,12,13). The lowest BCUT2D eigenvalue weighted by Gasteiger charge is -2.33. The number of hydrogen-bond acceptors (Lipinski definition) is 4. The van der Waals surface area contributed by atoms with E-state index < -0.39 is 21.9 Å².